The second-order valence-corrected chi connectivity index (χ2v) is 11.6. The Hall–Kier alpha value is -3.20. The highest BCUT2D eigenvalue weighted by atomic mass is 32.1. The standard InChI is InChI=1S/C29H32F3N5O2S/c1-19-2-9-26-25(14-19)35-27(40-26)17-36-10-12-37(13-11-36)28(38)18-39-23-7-5-21(6-8-23)34-22-4-3-20(16-33)24(15-22)29(30,31)32/h2-4,9,14-15,21,23,34H,5-8,10-13,17-18H2,1H3. The second kappa shape index (κ2) is 12.1. The lowest BCUT2D eigenvalue weighted by Crippen LogP contribution is -2.49. The van der Waals surface area contributed by atoms with Crippen molar-refractivity contribution in [1.82, 2.24) is 14.8 Å². The van der Waals surface area contributed by atoms with Crippen LogP contribution in [0.3, 0.4) is 0 Å². The number of nitrogens with one attached hydrogen (secondary N) is 1. The summed E-state index contributed by atoms with van der Waals surface area (Å²) in [5.41, 5.74) is 1.28. The highest BCUT2D eigenvalue weighted by Gasteiger charge is 2.34. The lowest BCUT2D eigenvalue weighted by molar-refractivity contribution is -0.140. The predicted molar refractivity (Wildman–Crippen MR) is 148 cm³/mol. The van der Waals surface area contributed by atoms with Crippen molar-refractivity contribution >= 4 is 33.1 Å². The first-order chi connectivity index (χ1) is 19.2. The third kappa shape index (κ3) is 6.92. The van der Waals surface area contributed by atoms with E-state index in [1.54, 1.807) is 17.4 Å². The normalized spacial score (nSPS) is 20.4. The molecule has 7 nitrogen and oxygen atoms in total. The smallest absolute Gasteiger partial charge is 0.382 e. The zero-order valence-corrected chi connectivity index (χ0v) is 23.2. The lowest BCUT2D eigenvalue weighted by Gasteiger charge is -2.35. The molecule has 0 radical (unpaired) electrons. The molecule has 11 heteroatoms. The molecule has 1 amide bonds. The van der Waals surface area contributed by atoms with Gasteiger partial charge in [-0.05, 0) is 68.5 Å². The van der Waals surface area contributed by atoms with Crippen LogP contribution in [-0.4, -0.2) is 65.6 Å². The van der Waals surface area contributed by atoms with Gasteiger partial charge in [0, 0.05) is 37.9 Å². The molecule has 2 aliphatic rings. The summed E-state index contributed by atoms with van der Waals surface area (Å²) in [6, 6.07) is 11.7. The zero-order valence-electron chi connectivity index (χ0n) is 22.3. The Kier molecular flexibility index (Phi) is 8.59. The maximum Gasteiger partial charge on any atom is 0.417 e. The summed E-state index contributed by atoms with van der Waals surface area (Å²) in [7, 11) is 0. The number of aromatic nitrogens is 1. The molecule has 212 valence electrons. The maximum absolute atomic E-state index is 13.3. The minimum Gasteiger partial charge on any atom is -0.382 e. The molecule has 2 aromatic carbocycles. The zero-order chi connectivity index (χ0) is 28.3. The molecule has 1 aliphatic carbocycles. The quantitative estimate of drug-likeness (QED) is 0.399. The van der Waals surface area contributed by atoms with Crippen LogP contribution in [0.25, 0.3) is 10.2 Å². The molecule has 1 N–H and O–H groups in total. The summed E-state index contributed by atoms with van der Waals surface area (Å²) >= 11 is 1.72. The highest BCUT2D eigenvalue weighted by molar-refractivity contribution is 7.18. The van der Waals surface area contributed by atoms with Crippen molar-refractivity contribution in [3.05, 3.63) is 58.1 Å². The number of carbonyl (C=O) groups excluding carboxylic acids is 1. The molecule has 0 spiro atoms. The number of thiazole rings is 1. The third-order valence-electron chi connectivity index (χ3n) is 7.60. The Morgan fingerprint density at radius 3 is 2.58 bits per heavy atom. The second-order valence-electron chi connectivity index (χ2n) is 10.5. The number of alkyl halides is 3. The average molecular weight is 572 g/mol. The number of hydrogen-bond acceptors (Lipinski definition) is 7. The molecular weight excluding hydrogens is 539 g/mol. The molecule has 5 rings (SSSR count). The van der Waals surface area contributed by atoms with Crippen LogP contribution in [0, 0.1) is 18.3 Å². The minimum absolute atomic E-state index is 0.00683. The fourth-order valence-corrected chi connectivity index (χ4v) is 6.35. The summed E-state index contributed by atoms with van der Waals surface area (Å²) in [6.07, 6.45) is -1.72. The van der Waals surface area contributed by atoms with Crippen LogP contribution >= 0.6 is 11.3 Å². The van der Waals surface area contributed by atoms with E-state index in [9.17, 15) is 18.0 Å². The van der Waals surface area contributed by atoms with Gasteiger partial charge in [-0.15, -0.1) is 11.3 Å². The maximum atomic E-state index is 13.3. The number of rotatable bonds is 7. The molecule has 2 heterocycles. The summed E-state index contributed by atoms with van der Waals surface area (Å²) in [6.45, 7) is 5.81. The van der Waals surface area contributed by atoms with E-state index in [-0.39, 0.29) is 30.2 Å². The molecule has 40 heavy (non-hydrogen) atoms. The number of halogens is 3. The first-order valence-electron chi connectivity index (χ1n) is 13.5. The van der Waals surface area contributed by atoms with Crippen molar-refractivity contribution in [3.8, 4) is 6.07 Å². The number of piperazine rings is 1. The molecular formula is C29H32F3N5O2S. The number of fused-ring (bicyclic) bond motifs is 1. The van der Waals surface area contributed by atoms with Gasteiger partial charge in [-0.1, -0.05) is 6.07 Å². The molecule has 0 atom stereocenters. The number of nitriles is 1. The van der Waals surface area contributed by atoms with Gasteiger partial charge in [0.15, 0.2) is 0 Å². The van der Waals surface area contributed by atoms with Gasteiger partial charge in [-0.2, -0.15) is 18.4 Å². The summed E-state index contributed by atoms with van der Waals surface area (Å²) in [5.74, 6) is -0.00683. The average Bonchev–Trinajstić information content (AvgIpc) is 3.33. The van der Waals surface area contributed by atoms with Crippen molar-refractivity contribution in [2.75, 3.05) is 38.1 Å². The van der Waals surface area contributed by atoms with Crippen LogP contribution in [0.2, 0.25) is 0 Å². The number of hydrogen-bond donors (Lipinski definition) is 1. The van der Waals surface area contributed by atoms with Crippen molar-refractivity contribution < 1.29 is 22.7 Å². The van der Waals surface area contributed by atoms with Gasteiger partial charge in [-0.25, -0.2) is 4.98 Å². The van der Waals surface area contributed by atoms with Gasteiger partial charge in [0.05, 0.1) is 40.1 Å². The van der Waals surface area contributed by atoms with E-state index in [0.717, 1.165) is 61.9 Å². The summed E-state index contributed by atoms with van der Waals surface area (Å²) in [4.78, 5) is 21.7. The van der Waals surface area contributed by atoms with Gasteiger partial charge < -0.3 is 15.0 Å². The molecule has 1 aromatic heterocycles. The summed E-state index contributed by atoms with van der Waals surface area (Å²) < 4.78 is 46.9. The van der Waals surface area contributed by atoms with Crippen LogP contribution in [0.5, 0.6) is 0 Å². The molecule has 1 aliphatic heterocycles. The van der Waals surface area contributed by atoms with Crippen LogP contribution in [0.15, 0.2) is 36.4 Å². The first kappa shape index (κ1) is 28.3. The van der Waals surface area contributed by atoms with Gasteiger partial charge in [0.2, 0.25) is 5.91 Å². The van der Waals surface area contributed by atoms with E-state index in [2.05, 4.69) is 35.3 Å². The van der Waals surface area contributed by atoms with E-state index in [1.807, 2.05) is 4.90 Å². The van der Waals surface area contributed by atoms with Crippen LogP contribution in [-0.2, 0) is 22.3 Å². The number of ether oxygens (including phenoxy) is 1. The van der Waals surface area contributed by atoms with E-state index in [4.69, 9.17) is 15.0 Å². The van der Waals surface area contributed by atoms with Gasteiger partial charge >= 0.3 is 6.18 Å². The fourth-order valence-electron chi connectivity index (χ4n) is 5.36. The summed E-state index contributed by atoms with van der Waals surface area (Å²) in [5, 5.41) is 13.2. The number of nitrogens with zero attached hydrogens (tertiary/aromatic N) is 4. The Morgan fingerprint density at radius 2 is 1.88 bits per heavy atom. The van der Waals surface area contributed by atoms with Crippen LogP contribution in [0.4, 0.5) is 18.9 Å². The van der Waals surface area contributed by atoms with Crippen molar-refractivity contribution in [1.29, 1.82) is 5.26 Å². The Labute approximate surface area is 235 Å². The van der Waals surface area contributed by atoms with Gasteiger partial charge in [0.1, 0.15) is 11.6 Å². The SMILES string of the molecule is Cc1ccc2sc(CN3CCN(C(=O)COC4CCC(Nc5ccc(C#N)c(C(F)(F)F)c5)CC4)CC3)nc2c1. The lowest BCUT2D eigenvalue weighted by atomic mass is 9.92. The predicted octanol–water partition coefficient (Wildman–Crippen LogP) is 5.58. The number of carbonyl (C=O) groups is 1. The monoisotopic (exact) mass is 571 g/mol. The first-order valence-corrected chi connectivity index (χ1v) is 14.4. The van der Waals surface area contributed by atoms with Crippen molar-refractivity contribution in [2.24, 2.45) is 0 Å². The Morgan fingerprint density at radius 1 is 1.12 bits per heavy atom. The van der Waals surface area contributed by atoms with Gasteiger partial charge in [-0.3, -0.25) is 9.69 Å². The molecule has 0 unspecified atom stereocenters. The van der Waals surface area contributed by atoms with Crippen molar-refractivity contribution in [2.45, 2.75) is 57.5 Å². The molecule has 3 aromatic rings. The largest absolute Gasteiger partial charge is 0.417 e. The van der Waals surface area contributed by atoms with Crippen molar-refractivity contribution in [3.63, 3.8) is 0 Å². The molecule has 2 fully saturated rings. The third-order valence-corrected chi connectivity index (χ3v) is 8.63. The topological polar surface area (TPSA) is 81.5 Å². The Balaban J connectivity index is 1.02. The van der Waals surface area contributed by atoms with E-state index >= 15 is 0 Å². The van der Waals surface area contributed by atoms with Gasteiger partial charge in [0.25, 0.3) is 0 Å². The Bertz CT molecular complexity index is 1390. The minimum atomic E-state index is -4.58. The molecule has 1 saturated carbocycles. The molecule has 1 saturated heterocycles. The number of aryl methyl sites for hydroxylation is 1. The number of benzene rings is 2. The number of amides is 1. The van der Waals surface area contributed by atoms with E-state index in [0.29, 0.717) is 18.8 Å². The van der Waals surface area contributed by atoms with Crippen LogP contribution < -0.4 is 5.32 Å². The fraction of sp³-hybridized carbons (Fsp3) is 0.483. The molecule has 0 bridgehead atoms. The number of anilines is 1. The highest BCUT2D eigenvalue weighted by Crippen LogP contribution is 2.34. The van der Waals surface area contributed by atoms with E-state index < -0.39 is 11.7 Å². The van der Waals surface area contributed by atoms with E-state index in [1.165, 1.54) is 22.4 Å². The van der Waals surface area contributed by atoms with Crippen LogP contribution in [0.1, 0.15) is 47.4 Å².